The van der Waals surface area contributed by atoms with Crippen LogP contribution in [-0.4, -0.2) is 16.8 Å². The monoisotopic (exact) mass is 382 g/mol. The lowest BCUT2D eigenvalue weighted by Gasteiger charge is -2.09. The van der Waals surface area contributed by atoms with Gasteiger partial charge in [-0.05, 0) is 66.8 Å². The van der Waals surface area contributed by atoms with Crippen LogP contribution in [0.3, 0.4) is 0 Å². The molecule has 1 aromatic carbocycles. The third kappa shape index (κ3) is 3.19. The highest BCUT2D eigenvalue weighted by atomic mass is 127. The molecule has 1 heterocycles. The molecule has 2 rings (SSSR count). The van der Waals surface area contributed by atoms with Gasteiger partial charge in [-0.15, -0.1) is 0 Å². The van der Waals surface area contributed by atoms with Crippen molar-refractivity contribution in [1.29, 1.82) is 0 Å². The second-order valence-corrected chi connectivity index (χ2v) is 5.62. The number of nitrogens with one attached hydrogen (secondary N) is 1. The minimum Gasteiger partial charge on any atom is -0.350 e. The Labute approximate surface area is 131 Å². The Morgan fingerprint density at radius 3 is 2.60 bits per heavy atom. The molecule has 6 heteroatoms. The summed E-state index contributed by atoms with van der Waals surface area (Å²) in [5.41, 5.74) is 11.4. The molecule has 104 valence electrons. The molecule has 5 nitrogen and oxygen atoms in total. The summed E-state index contributed by atoms with van der Waals surface area (Å²) in [4.78, 5) is 10.6. The average molecular weight is 382 g/mol. The van der Waals surface area contributed by atoms with Gasteiger partial charge < -0.3 is 10.3 Å². The predicted molar refractivity (Wildman–Crippen MR) is 88.3 cm³/mol. The van der Waals surface area contributed by atoms with Gasteiger partial charge in [0.15, 0.2) is 0 Å². The first-order valence-electron chi connectivity index (χ1n) is 6.02. The lowest BCUT2D eigenvalue weighted by Crippen LogP contribution is -2.24. The number of carbonyl (C=O) groups is 1. The van der Waals surface area contributed by atoms with Crippen LogP contribution in [0.25, 0.3) is 5.69 Å². The maximum absolute atomic E-state index is 10.6. The maximum Gasteiger partial charge on any atom is 0.332 e. The first-order valence-corrected chi connectivity index (χ1v) is 7.10. The summed E-state index contributed by atoms with van der Waals surface area (Å²) in [6.45, 7) is 4.04. The number of carbonyl (C=O) groups excluding carboxylic acids is 1. The highest BCUT2D eigenvalue weighted by molar-refractivity contribution is 14.1. The third-order valence-corrected chi connectivity index (χ3v) is 3.65. The Bertz CT molecular complexity index is 659. The molecule has 2 amide bonds. The van der Waals surface area contributed by atoms with Crippen LogP contribution in [0.2, 0.25) is 0 Å². The SMILES string of the molecule is Cc1cc(/C=N\NC(N)=O)c(C)n1-c1ccc(I)cc1. The van der Waals surface area contributed by atoms with Crippen molar-refractivity contribution < 1.29 is 4.79 Å². The van der Waals surface area contributed by atoms with Gasteiger partial charge in [-0.25, -0.2) is 10.2 Å². The summed E-state index contributed by atoms with van der Waals surface area (Å²) in [5, 5.41) is 3.80. The van der Waals surface area contributed by atoms with Crippen LogP contribution in [0.4, 0.5) is 4.79 Å². The average Bonchev–Trinajstić information content (AvgIpc) is 2.66. The Morgan fingerprint density at radius 2 is 2.00 bits per heavy atom. The topological polar surface area (TPSA) is 72.4 Å². The van der Waals surface area contributed by atoms with E-state index in [-0.39, 0.29) is 0 Å². The van der Waals surface area contributed by atoms with Crippen molar-refractivity contribution in [3.63, 3.8) is 0 Å². The van der Waals surface area contributed by atoms with Crippen molar-refractivity contribution in [2.45, 2.75) is 13.8 Å². The summed E-state index contributed by atoms with van der Waals surface area (Å²) in [5.74, 6) is 0. The Kier molecular flexibility index (Phi) is 4.43. The van der Waals surface area contributed by atoms with E-state index in [0.29, 0.717) is 0 Å². The Morgan fingerprint density at radius 1 is 1.35 bits per heavy atom. The number of aryl methyl sites for hydroxylation is 1. The van der Waals surface area contributed by atoms with Gasteiger partial charge in [0.2, 0.25) is 0 Å². The number of aromatic nitrogens is 1. The fourth-order valence-electron chi connectivity index (χ4n) is 2.07. The molecule has 0 atom stereocenters. The van der Waals surface area contributed by atoms with E-state index in [9.17, 15) is 4.79 Å². The fraction of sp³-hybridized carbons (Fsp3) is 0.143. The molecular formula is C14H15IN4O. The molecule has 0 unspecified atom stereocenters. The zero-order valence-electron chi connectivity index (χ0n) is 11.2. The van der Waals surface area contributed by atoms with Gasteiger partial charge in [-0.3, -0.25) is 0 Å². The van der Waals surface area contributed by atoms with Gasteiger partial charge in [0, 0.05) is 26.2 Å². The fourth-order valence-corrected chi connectivity index (χ4v) is 2.43. The summed E-state index contributed by atoms with van der Waals surface area (Å²) >= 11 is 2.28. The molecule has 0 aliphatic carbocycles. The van der Waals surface area contributed by atoms with Crippen molar-refractivity contribution >= 4 is 34.8 Å². The molecule has 0 radical (unpaired) electrons. The summed E-state index contributed by atoms with van der Waals surface area (Å²) in [7, 11) is 0. The molecule has 3 N–H and O–H groups in total. The van der Waals surface area contributed by atoms with E-state index in [2.05, 4.69) is 62.0 Å². The lowest BCUT2D eigenvalue weighted by molar-refractivity contribution is 0.249. The number of halogens is 1. The van der Waals surface area contributed by atoms with Gasteiger partial charge in [0.05, 0.1) is 6.21 Å². The van der Waals surface area contributed by atoms with Crippen molar-refractivity contribution in [2.24, 2.45) is 10.8 Å². The highest BCUT2D eigenvalue weighted by Crippen LogP contribution is 2.20. The van der Waals surface area contributed by atoms with Gasteiger partial charge in [0.25, 0.3) is 0 Å². The highest BCUT2D eigenvalue weighted by Gasteiger charge is 2.09. The van der Waals surface area contributed by atoms with E-state index in [1.165, 1.54) is 3.57 Å². The number of hydrogen-bond donors (Lipinski definition) is 2. The molecule has 0 bridgehead atoms. The molecule has 20 heavy (non-hydrogen) atoms. The number of benzene rings is 1. The minimum absolute atomic E-state index is 0.673. The van der Waals surface area contributed by atoms with Crippen molar-refractivity contribution in [2.75, 3.05) is 0 Å². The number of amides is 2. The summed E-state index contributed by atoms with van der Waals surface area (Å²) in [6, 6.07) is 9.62. The number of primary amides is 1. The number of rotatable bonds is 3. The number of hydrazone groups is 1. The number of nitrogens with zero attached hydrogens (tertiary/aromatic N) is 2. The predicted octanol–water partition coefficient (Wildman–Crippen LogP) is 2.70. The van der Waals surface area contributed by atoms with E-state index in [4.69, 9.17) is 5.73 Å². The van der Waals surface area contributed by atoms with Crippen LogP contribution in [0, 0.1) is 17.4 Å². The van der Waals surface area contributed by atoms with Crippen LogP contribution in [-0.2, 0) is 0 Å². The number of nitrogens with two attached hydrogens (primary N) is 1. The zero-order chi connectivity index (χ0) is 14.7. The van der Waals surface area contributed by atoms with Crippen molar-refractivity contribution in [3.8, 4) is 5.69 Å². The normalized spacial score (nSPS) is 10.9. The quantitative estimate of drug-likeness (QED) is 0.478. The van der Waals surface area contributed by atoms with E-state index < -0.39 is 6.03 Å². The van der Waals surface area contributed by atoms with Crippen molar-refractivity contribution in [1.82, 2.24) is 9.99 Å². The largest absolute Gasteiger partial charge is 0.350 e. The molecular weight excluding hydrogens is 367 g/mol. The van der Waals surface area contributed by atoms with Crippen LogP contribution in [0.1, 0.15) is 17.0 Å². The molecule has 0 spiro atoms. The standard InChI is InChI=1S/C14H15IN4O/c1-9-7-11(8-17-18-14(16)20)10(2)19(9)13-5-3-12(15)4-6-13/h3-8H,1-2H3,(H3,16,18,20)/b17-8-. The van der Waals surface area contributed by atoms with Gasteiger partial charge >= 0.3 is 6.03 Å². The smallest absolute Gasteiger partial charge is 0.332 e. The minimum atomic E-state index is -0.673. The van der Waals surface area contributed by atoms with E-state index in [1.807, 2.05) is 19.9 Å². The third-order valence-electron chi connectivity index (χ3n) is 2.93. The summed E-state index contributed by atoms with van der Waals surface area (Å²) in [6.07, 6.45) is 1.59. The lowest BCUT2D eigenvalue weighted by atomic mass is 10.2. The van der Waals surface area contributed by atoms with Crippen LogP contribution >= 0.6 is 22.6 Å². The molecule has 0 aliphatic heterocycles. The first kappa shape index (κ1) is 14.6. The van der Waals surface area contributed by atoms with E-state index in [1.54, 1.807) is 6.21 Å². The second kappa shape index (κ2) is 6.08. The van der Waals surface area contributed by atoms with E-state index >= 15 is 0 Å². The second-order valence-electron chi connectivity index (χ2n) is 4.37. The first-order chi connectivity index (χ1) is 9.49. The molecule has 0 fully saturated rings. The zero-order valence-corrected chi connectivity index (χ0v) is 13.4. The molecule has 1 aromatic heterocycles. The molecule has 2 aromatic rings. The molecule has 0 saturated carbocycles. The van der Waals surface area contributed by atoms with Crippen LogP contribution in [0.5, 0.6) is 0 Å². The van der Waals surface area contributed by atoms with E-state index in [0.717, 1.165) is 22.6 Å². The molecule has 0 saturated heterocycles. The Hall–Kier alpha value is -1.83. The van der Waals surface area contributed by atoms with Gasteiger partial charge in [-0.2, -0.15) is 5.10 Å². The Balaban J connectivity index is 2.36. The molecule has 0 aliphatic rings. The van der Waals surface area contributed by atoms with Crippen LogP contribution < -0.4 is 11.2 Å². The maximum atomic E-state index is 10.6. The van der Waals surface area contributed by atoms with Crippen LogP contribution in [0.15, 0.2) is 35.4 Å². The summed E-state index contributed by atoms with van der Waals surface area (Å²) < 4.78 is 3.34. The number of hydrogen-bond acceptors (Lipinski definition) is 2. The van der Waals surface area contributed by atoms with Gasteiger partial charge in [-0.1, -0.05) is 0 Å². The van der Waals surface area contributed by atoms with Gasteiger partial charge in [0.1, 0.15) is 0 Å². The number of urea groups is 1. The van der Waals surface area contributed by atoms with Crippen molar-refractivity contribution in [3.05, 3.63) is 50.9 Å².